The monoisotopic (exact) mass is 213 g/mol. The molecule has 1 N–H and O–H groups in total. The molecule has 0 aliphatic rings. The molecule has 15 heavy (non-hydrogen) atoms. The van der Waals surface area contributed by atoms with Crippen molar-refractivity contribution in [2.45, 2.75) is 33.2 Å². The Morgan fingerprint density at radius 2 is 1.73 bits per heavy atom. The number of carbonyl (C=O) groups excluding carboxylic acids is 2. The van der Waals surface area contributed by atoms with E-state index in [1.165, 1.54) is 13.0 Å². The number of esters is 1. The maximum absolute atomic E-state index is 10.6. The molecule has 4 heteroatoms. The van der Waals surface area contributed by atoms with Gasteiger partial charge in [0.05, 0.1) is 6.26 Å². The Morgan fingerprint density at radius 1 is 1.27 bits per heavy atom. The van der Waals surface area contributed by atoms with Crippen molar-refractivity contribution >= 4 is 11.9 Å². The van der Waals surface area contributed by atoms with Gasteiger partial charge in [0.1, 0.15) is 0 Å². The highest BCUT2D eigenvalue weighted by Crippen LogP contribution is 1.97. The quantitative estimate of drug-likeness (QED) is 0.432. The lowest BCUT2D eigenvalue weighted by atomic mass is 10.1. The normalized spacial score (nSPS) is 9.07. The van der Waals surface area contributed by atoms with Crippen LogP contribution in [0.4, 0.5) is 0 Å². The van der Waals surface area contributed by atoms with E-state index in [0.717, 1.165) is 6.26 Å². The van der Waals surface area contributed by atoms with Crippen LogP contribution in [0.1, 0.15) is 27.7 Å². The molecule has 0 bridgehead atoms. The molecule has 1 amide bonds. The van der Waals surface area contributed by atoms with E-state index >= 15 is 0 Å². The van der Waals surface area contributed by atoms with Gasteiger partial charge in [-0.1, -0.05) is 13.2 Å². The highest BCUT2D eigenvalue weighted by atomic mass is 16.5. The van der Waals surface area contributed by atoms with E-state index in [0.29, 0.717) is 0 Å². The van der Waals surface area contributed by atoms with E-state index < -0.39 is 0 Å². The van der Waals surface area contributed by atoms with Crippen LogP contribution in [-0.2, 0) is 14.3 Å². The second-order valence-electron chi connectivity index (χ2n) is 3.72. The zero-order chi connectivity index (χ0) is 12.5. The van der Waals surface area contributed by atoms with Crippen molar-refractivity contribution in [3.05, 3.63) is 25.5 Å². The molecule has 4 nitrogen and oxygen atoms in total. The second-order valence-corrected chi connectivity index (χ2v) is 3.72. The van der Waals surface area contributed by atoms with Crippen molar-refractivity contribution in [1.29, 1.82) is 0 Å². The Morgan fingerprint density at radius 3 is 1.80 bits per heavy atom. The van der Waals surface area contributed by atoms with Crippen LogP contribution in [0.25, 0.3) is 0 Å². The number of rotatable bonds is 2. The molecule has 0 rings (SSSR count). The van der Waals surface area contributed by atoms with Crippen molar-refractivity contribution in [2.24, 2.45) is 0 Å². The summed E-state index contributed by atoms with van der Waals surface area (Å²) in [6.07, 6.45) is 2.37. The summed E-state index contributed by atoms with van der Waals surface area (Å²) < 4.78 is 4.17. The molecule has 0 unspecified atom stereocenters. The number of amides is 1. The smallest absolute Gasteiger partial charge is 0.307 e. The molecule has 0 aliphatic carbocycles. The summed E-state index contributed by atoms with van der Waals surface area (Å²) in [6.45, 7) is 13.6. The molecule has 0 spiro atoms. The Bertz CT molecular complexity index is 239. The Hall–Kier alpha value is -1.58. The molecule has 0 fully saturated rings. The SMILES string of the molecule is C=CC(=O)NC(C)(C)C.C=COC(C)=O. The standard InChI is InChI=1S/C7H13NO.C4H6O2/c1-5-6(9)8-7(2,3)4;1-3-6-4(2)5/h5H,1H2,2-4H3,(H,8,9);3H,1H2,2H3. The maximum atomic E-state index is 10.6. The van der Waals surface area contributed by atoms with Crippen molar-refractivity contribution in [3.8, 4) is 0 Å². The molecule has 0 aromatic rings. The third-order valence-electron chi connectivity index (χ3n) is 0.933. The summed E-state index contributed by atoms with van der Waals surface area (Å²) in [5, 5.41) is 2.71. The number of hydrogen-bond donors (Lipinski definition) is 1. The molecule has 0 radical (unpaired) electrons. The first-order chi connectivity index (χ1) is 6.72. The van der Waals surface area contributed by atoms with E-state index in [2.05, 4.69) is 23.2 Å². The van der Waals surface area contributed by atoms with Crippen LogP contribution in [0.3, 0.4) is 0 Å². The first kappa shape index (κ1) is 15.9. The van der Waals surface area contributed by atoms with Gasteiger partial charge >= 0.3 is 5.97 Å². The van der Waals surface area contributed by atoms with Gasteiger partial charge in [0.15, 0.2) is 0 Å². The van der Waals surface area contributed by atoms with Gasteiger partial charge < -0.3 is 10.1 Å². The second kappa shape index (κ2) is 7.79. The van der Waals surface area contributed by atoms with E-state index in [1.807, 2.05) is 20.8 Å². The fourth-order valence-electron chi connectivity index (χ4n) is 0.538. The first-order valence-electron chi connectivity index (χ1n) is 4.45. The Balaban J connectivity index is 0. The lowest BCUT2D eigenvalue weighted by Gasteiger charge is -2.18. The van der Waals surface area contributed by atoms with E-state index in [1.54, 1.807) is 0 Å². The van der Waals surface area contributed by atoms with Crippen molar-refractivity contribution < 1.29 is 14.3 Å². The lowest BCUT2D eigenvalue weighted by Crippen LogP contribution is -2.39. The zero-order valence-corrected chi connectivity index (χ0v) is 9.79. The summed E-state index contributed by atoms with van der Waals surface area (Å²) >= 11 is 0. The summed E-state index contributed by atoms with van der Waals surface area (Å²) in [5.41, 5.74) is -0.148. The molecule has 0 aliphatic heterocycles. The van der Waals surface area contributed by atoms with Gasteiger partial charge in [-0.05, 0) is 26.8 Å². The highest BCUT2D eigenvalue weighted by Gasteiger charge is 2.10. The fraction of sp³-hybridized carbons (Fsp3) is 0.455. The molecule has 0 heterocycles. The third kappa shape index (κ3) is 19.0. The van der Waals surface area contributed by atoms with E-state index in [4.69, 9.17) is 0 Å². The minimum absolute atomic E-state index is 0.123. The van der Waals surface area contributed by atoms with Gasteiger partial charge in [0.2, 0.25) is 5.91 Å². The van der Waals surface area contributed by atoms with Crippen LogP contribution >= 0.6 is 0 Å². The molecule has 0 aromatic carbocycles. The van der Waals surface area contributed by atoms with Crippen LogP contribution in [-0.4, -0.2) is 17.4 Å². The van der Waals surface area contributed by atoms with E-state index in [-0.39, 0.29) is 17.4 Å². The van der Waals surface area contributed by atoms with Gasteiger partial charge in [-0.15, -0.1) is 0 Å². The third-order valence-corrected chi connectivity index (χ3v) is 0.933. The summed E-state index contributed by atoms with van der Waals surface area (Å²) in [5.74, 6) is -0.451. The molecular weight excluding hydrogens is 194 g/mol. The van der Waals surface area contributed by atoms with Crippen LogP contribution in [0.5, 0.6) is 0 Å². The maximum Gasteiger partial charge on any atom is 0.307 e. The predicted molar refractivity (Wildman–Crippen MR) is 60.1 cm³/mol. The number of nitrogens with one attached hydrogen (secondary N) is 1. The summed E-state index contributed by atoms with van der Waals surface area (Å²) in [6, 6.07) is 0. The van der Waals surface area contributed by atoms with Crippen LogP contribution in [0, 0.1) is 0 Å². The molecule has 86 valence electrons. The highest BCUT2D eigenvalue weighted by molar-refractivity contribution is 5.87. The molecule has 0 saturated carbocycles. The number of carbonyl (C=O) groups is 2. The fourth-order valence-corrected chi connectivity index (χ4v) is 0.538. The Kier molecular flexibility index (Phi) is 8.24. The molecule has 0 saturated heterocycles. The largest absolute Gasteiger partial charge is 0.435 e. The van der Waals surface area contributed by atoms with Gasteiger partial charge in [-0.3, -0.25) is 9.59 Å². The van der Waals surface area contributed by atoms with Gasteiger partial charge in [-0.25, -0.2) is 0 Å². The van der Waals surface area contributed by atoms with Gasteiger partial charge in [-0.2, -0.15) is 0 Å². The molecule has 0 aromatic heterocycles. The number of hydrogen-bond acceptors (Lipinski definition) is 3. The van der Waals surface area contributed by atoms with Crippen LogP contribution in [0.15, 0.2) is 25.5 Å². The van der Waals surface area contributed by atoms with Crippen molar-refractivity contribution in [3.63, 3.8) is 0 Å². The minimum atomic E-state index is -0.329. The van der Waals surface area contributed by atoms with Gasteiger partial charge in [0.25, 0.3) is 0 Å². The summed E-state index contributed by atoms with van der Waals surface area (Å²) in [7, 11) is 0. The minimum Gasteiger partial charge on any atom is -0.435 e. The number of ether oxygens (including phenoxy) is 1. The first-order valence-corrected chi connectivity index (χ1v) is 4.45. The topological polar surface area (TPSA) is 55.4 Å². The van der Waals surface area contributed by atoms with Crippen molar-refractivity contribution in [2.75, 3.05) is 0 Å². The average Bonchev–Trinajstić information content (AvgIpc) is 2.01. The Labute approximate surface area is 91.0 Å². The summed E-state index contributed by atoms with van der Waals surface area (Å²) in [4.78, 5) is 20.3. The molecule has 0 atom stereocenters. The zero-order valence-electron chi connectivity index (χ0n) is 9.79. The van der Waals surface area contributed by atoms with Gasteiger partial charge in [0, 0.05) is 12.5 Å². The van der Waals surface area contributed by atoms with Crippen LogP contribution in [0.2, 0.25) is 0 Å². The van der Waals surface area contributed by atoms with Crippen molar-refractivity contribution in [1.82, 2.24) is 5.32 Å². The van der Waals surface area contributed by atoms with E-state index in [9.17, 15) is 9.59 Å². The van der Waals surface area contributed by atoms with Crippen LogP contribution < -0.4 is 5.32 Å². The lowest BCUT2D eigenvalue weighted by molar-refractivity contribution is -0.135. The average molecular weight is 213 g/mol. The molecular formula is C11H19NO3. The predicted octanol–water partition coefficient (Wildman–Crippen LogP) is 1.78.